The number of hydrogen-bond donors (Lipinski definition) is 3. The van der Waals surface area contributed by atoms with Gasteiger partial charge < -0.3 is 25.6 Å². The van der Waals surface area contributed by atoms with Crippen LogP contribution in [0.2, 0.25) is 0 Å². The lowest BCUT2D eigenvalue weighted by atomic mass is 9.84. The van der Waals surface area contributed by atoms with Crippen LogP contribution in [0.25, 0.3) is 0 Å². The fourth-order valence-corrected chi connectivity index (χ4v) is 2.83. The molecule has 1 aliphatic carbocycles. The first-order chi connectivity index (χ1) is 10.6. The summed E-state index contributed by atoms with van der Waals surface area (Å²) >= 11 is 0. The number of aliphatic hydroxyl groups excluding tert-OH is 1. The van der Waals surface area contributed by atoms with Crippen LogP contribution in [-0.2, 0) is 11.3 Å². The van der Waals surface area contributed by atoms with Crippen LogP contribution >= 0.6 is 0 Å². The molecular weight excluding hydrogens is 284 g/mol. The lowest BCUT2D eigenvalue weighted by Gasteiger charge is -2.30. The molecule has 6 nitrogen and oxygen atoms in total. The zero-order chi connectivity index (χ0) is 16.1. The Morgan fingerprint density at radius 1 is 1.36 bits per heavy atom. The molecule has 0 spiro atoms. The Kier molecular flexibility index (Phi) is 5.63. The van der Waals surface area contributed by atoms with Gasteiger partial charge in [0.25, 0.3) is 0 Å². The van der Waals surface area contributed by atoms with Crippen molar-refractivity contribution >= 4 is 5.91 Å². The number of hydrogen-bond acceptors (Lipinski definition) is 5. The number of ether oxygens (including phenoxy) is 2. The fourth-order valence-electron chi connectivity index (χ4n) is 2.83. The molecule has 2 rings (SSSR count). The molecule has 6 heteroatoms. The maximum absolute atomic E-state index is 12.2. The van der Waals surface area contributed by atoms with E-state index >= 15 is 0 Å². The van der Waals surface area contributed by atoms with Crippen LogP contribution in [0.1, 0.15) is 24.8 Å². The van der Waals surface area contributed by atoms with Crippen LogP contribution in [0.3, 0.4) is 0 Å². The number of nitrogens with one attached hydrogen (secondary N) is 1. The number of carbonyl (C=O) groups excluding carboxylic acids is 1. The lowest BCUT2D eigenvalue weighted by molar-refractivity contribution is -0.127. The zero-order valence-corrected chi connectivity index (χ0v) is 13.0. The molecule has 4 N–H and O–H groups in total. The average molecular weight is 308 g/mol. The minimum absolute atomic E-state index is 0.0594. The molecule has 1 saturated carbocycles. The smallest absolute Gasteiger partial charge is 0.223 e. The van der Waals surface area contributed by atoms with Gasteiger partial charge in [0, 0.05) is 24.1 Å². The van der Waals surface area contributed by atoms with Gasteiger partial charge in [0.05, 0.1) is 20.3 Å². The zero-order valence-electron chi connectivity index (χ0n) is 13.0. The van der Waals surface area contributed by atoms with E-state index in [9.17, 15) is 9.90 Å². The van der Waals surface area contributed by atoms with Gasteiger partial charge in [0.2, 0.25) is 5.91 Å². The van der Waals surface area contributed by atoms with Crippen LogP contribution < -0.4 is 20.5 Å². The molecule has 1 amide bonds. The van der Waals surface area contributed by atoms with Gasteiger partial charge in [0.1, 0.15) is 0 Å². The summed E-state index contributed by atoms with van der Waals surface area (Å²) in [5.74, 6) is 1.01. The van der Waals surface area contributed by atoms with Crippen LogP contribution in [0.4, 0.5) is 0 Å². The van der Waals surface area contributed by atoms with Crippen LogP contribution in [0.15, 0.2) is 18.2 Å². The van der Waals surface area contributed by atoms with Gasteiger partial charge in [-0.2, -0.15) is 0 Å². The van der Waals surface area contributed by atoms with E-state index < -0.39 is 6.10 Å². The number of rotatable bonds is 5. The Balaban J connectivity index is 1.97. The highest BCUT2D eigenvalue weighted by atomic mass is 16.5. The first-order valence-corrected chi connectivity index (χ1v) is 7.48. The van der Waals surface area contributed by atoms with Gasteiger partial charge in [-0.25, -0.2) is 0 Å². The normalized spacial score (nSPS) is 24.6. The first-order valence-electron chi connectivity index (χ1n) is 7.48. The second-order valence-electron chi connectivity index (χ2n) is 5.61. The van der Waals surface area contributed by atoms with Crippen LogP contribution in [0, 0.1) is 5.92 Å². The van der Waals surface area contributed by atoms with Crippen LogP contribution in [0.5, 0.6) is 11.5 Å². The minimum Gasteiger partial charge on any atom is -0.493 e. The molecule has 1 aliphatic rings. The molecule has 22 heavy (non-hydrogen) atoms. The minimum atomic E-state index is -0.601. The van der Waals surface area contributed by atoms with Crippen molar-refractivity contribution in [2.75, 3.05) is 14.2 Å². The largest absolute Gasteiger partial charge is 0.493 e. The number of para-hydroxylation sites is 1. The van der Waals surface area contributed by atoms with Crippen molar-refractivity contribution in [3.05, 3.63) is 23.8 Å². The van der Waals surface area contributed by atoms with Crippen molar-refractivity contribution in [1.82, 2.24) is 5.32 Å². The van der Waals surface area contributed by atoms with Gasteiger partial charge in [-0.15, -0.1) is 0 Å². The van der Waals surface area contributed by atoms with E-state index in [-0.39, 0.29) is 17.9 Å². The van der Waals surface area contributed by atoms with E-state index in [1.54, 1.807) is 14.2 Å². The van der Waals surface area contributed by atoms with E-state index in [1.165, 1.54) is 0 Å². The second kappa shape index (κ2) is 7.47. The maximum Gasteiger partial charge on any atom is 0.223 e. The van der Waals surface area contributed by atoms with Crippen molar-refractivity contribution in [1.29, 1.82) is 0 Å². The summed E-state index contributed by atoms with van der Waals surface area (Å²) in [5.41, 5.74) is 6.61. The van der Waals surface area contributed by atoms with Crippen molar-refractivity contribution in [2.24, 2.45) is 11.7 Å². The molecule has 0 radical (unpaired) electrons. The van der Waals surface area contributed by atoms with E-state index in [4.69, 9.17) is 15.2 Å². The monoisotopic (exact) mass is 308 g/mol. The number of methoxy groups -OCH3 is 2. The molecule has 0 unspecified atom stereocenters. The van der Waals surface area contributed by atoms with Gasteiger partial charge >= 0.3 is 0 Å². The summed E-state index contributed by atoms with van der Waals surface area (Å²) < 4.78 is 10.6. The number of benzene rings is 1. The predicted octanol–water partition coefficient (Wildman–Crippen LogP) is 0.808. The Bertz CT molecular complexity index is 521. The summed E-state index contributed by atoms with van der Waals surface area (Å²) in [7, 11) is 3.15. The summed E-state index contributed by atoms with van der Waals surface area (Å²) in [6, 6.07) is 5.32. The highest BCUT2D eigenvalue weighted by Gasteiger charge is 2.30. The molecule has 0 aromatic heterocycles. The SMILES string of the molecule is COc1cccc(CNC(=O)[C@H]2CC[C@H](N)[C@@H](O)C2)c1OC. The van der Waals surface area contributed by atoms with E-state index in [1.807, 2.05) is 18.2 Å². The standard InChI is InChI=1S/C16H24N2O4/c1-21-14-5-3-4-11(15(14)22-2)9-18-16(20)10-6-7-12(17)13(19)8-10/h3-5,10,12-13,19H,6-9,17H2,1-2H3,(H,18,20)/t10-,12-,13-/m0/s1. The molecular formula is C16H24N2O4. The number of aliphatic hydroxyl groups is 1. The van der Waals surface area contributed by atoms with E-state index in [0.29, 0.717) is 37.3 Å². The van der Waals surface area contributed by atoms with Gasteiger partial charge in [-0.3, -0.25) is 4.79 Å². The quantitative estimate of drug-likeness (QED) is 0.748. The number of amides is 1. The predicted molar refractivity (Wildman–Crippen MR) is 82.7 cm³/mol. The molecule has 0 saturated heterocycles. The van der Waals surface area contributed by atoms with Gasteiger partial charge in [-0.05, 0) is 25.3 Å². The van der Waals surface area contributed by atoms with Crippen LogP contribution in [-0.4, -0.2) is 37.4 Å². The van der Waals surface area contributed by atoms with Crippen molar-refractivity contribution in [3.63, 3.8) is 0 Å². The fraction of sp³-hybridized carbons (Fsp3) is 0.562. The van der Waals surface area contributed by atoms with E-state index in [2.05, 4.69) is 5.32 Å². The average Bonchev–Trinajstić information content (AvgIpc) is 2.54. The summed E-state index contributed by atoms with van der Waals surface area (Å²) in [5, 5.41) is 12.7. The Morgan fingerprint density at radius 3 is 2.77 bits per heavy atom. The maximum atomic E-state index is 12.2. The molecule has 1 fully saturated rings. The summed E-state index contributed by atoms with van der Waals surface area (Å²) in [6.45, 7) is 0.359. The first kappa shape index (κ1) is 16.6. The van der Waals surface area contributed by atoms with Crippen molar-refractivity contribution < 1.29 is 19.4 Å². The lowest BCUT2D eigenvalue weighted by Crippen LogP contribution is -2.44. The Labute approximate surface area is 130 Å². The van der Waals surface area contributed by atoms with Crippen molar-refractivity contribution in [2.45, 2.75) is 38.0 Å². The molecule has 1 aromatic carbocycles. The summed E-state index contributed by atoms with van der Waals surface area (Å²) in [4.78, 5) is 12.2. The molecule has 122 valence electrons. The topological polar surface area (TPSA) is 93.8 Å². The molecule has 1 aromatic rings. The van der Waals surface area contributed by atoms with Gasteiger partial charge in [0.15, 0.2) is 11.5 Å². The number of carbonyl (C=O) groups is 1. The third-order valence-electron chi connectivity index (χ3n) is 4.18. The highest BCUT2D eigenvalue weighted by molar-refractivity contribution is 5.78. The molecule has 0 aliphatic heterocycles. The molecule has 3 atom stereocenters. The van der Waals surface area contributed by atoms with Gasteiger partial charge in [-0.1, -0.05) is 12.1 Å². The third kappa shape index (κ3) is 3.69. The number of nitrogens with two attached hydrogens (primary N) is 1. The van der Waals surface area contributed by atoms with E-state index in [0.717, 1.165) is 5.56 Å². The second-order valence-corrected chi connectivity index (χ2v) is 5.61. The Morgan fingerprint density at radius 2 is 2.14 bits per heavy atom. The highest BCUT2D eigenvalue weighted by Crippen LogP contribution is 2.30. The van der Waals surface area contributed by atoms with Crippen molar-refractivity contribution in [3.8, 4) is 11.5 Å². The Hall–Kier alpha value is -1.79. The molecule has 0 heterocycles. The third-order valence-corrected chi connectivity index (χ3v) is 4.18. The molecule has 0 bridgehead atoms. The summed E-state index contributed by atoms with van der Waals surface area (Å²) in [6.07, 6.45) is 1.19.